The molecule has 28 heavy (non-hydrogen) atoms. The molecule has 2 fully saturated rings. The van der Waals surface area contributed by atoms with Crippen molar-refractivity contribution < 1.29 is 4.74 Å². The van der Waals surface area contributed by atoms with Gasteiger partial charge in [-0.3, -0.25) is 4.99 Å². The van der Waals surface area contributed by atoms with E-state index in [0.717, 1.165) is 32.1 Å². The largest absolute Gasteiger partial charge is 0.385 e. The molecular formula is C23H38N4O. The van der Waals surface area contributed by atoms with Crippen LogP contribution in [0.3, 0.4) is 0 Å². The monoisotopic (exact) mass is 386 g/mol. The van der Waals surface area contributed by atoms with Crippen LogP contribution in [0.1, 0.15) is 64.0 Å². The van der Waals surface area contributed by atoms with Crippen molar-refractivity contribution in [2.45, 2.75) is 58.4 Å². The molecule has 1 aromatic carbocycles. The molecule has 0 spiro atoms. The van der Waals surface area contributed by atoms with Gasteiger partial charge in [-0.05, 0) is 69.1 Å². The average molecular weight is 387 g/mol. The molecule has 0 radical (unpaired) electrons. The highest BCUT2D eigenvalue weighted by Gasteiger charge is 2.36. The van der Waals surface area contributed by atoms with Crippen LogP contribution in [0.4, 0.5) is 5.69 Å². The molecule has 1 heterocycles. The SMILES string of the molecule is CCNC(=NCC1(CCOC)CCC1)NC(C)c1cccc(N2CCCC2)c1. The predicted octanol–water partition coefficient (Wildman–Crippen LogP) is 4.11. The number of guanidine groups is 1. The highest BCUT2D eigenvalue weighted by atomic mass is 16.5. The number of methoxy groups -OCH3 is 1. The number of nitrogens with zero attached hydrogens (tertiary/aromatic N) is 2. The Labute approximate surface area is 170 Å². The number of nitrogens with one attached hydrogen (secondary N) is 2. The maximum atomic E-state index is 5.32. The molecular weight excluding hydrogens is 348 g/mol. The molecule has 1 atom stereocenters. The molecule has 3 rings (SSSR count). The number of aliphatic imine (C=N–C) groups is 1. The Hall–Kier alpha value is -1.75. The fourth-order valence-corrected chi connectivity index (χ4v) is 4.30. The molecule has 0 bridgehead atoms. The van der Waals surface area contributed by atoms with Gasteiger partial charge in [-0.1, -0.05) is 18.6 Å². The van der Waals surface area contributed by atoms with E-state index >= 15 is 0 Å². The lowest BCUT2D eigenvalue weighted by molar-refractivity contribution is 0.0778. The van der Waals surface area contributed by atoms with E-state index in [-0.39, 0.29) is 6.04 Å². The number of anilines is 1. The average Bonchev–Trinajstić information content (AvgIpc) is 3.22. The summed E-state index contributed by atoms with van der Waals surface area (Å²) in [5, 5.41) is 7.05. The topological polar surface area (TPSA) is 48.9 Å². The van der Waals surface area contributed by atoms with Crippen LogP contribution in [0, 0.1) is 5.41 Å². The Morgan fingerprint density at radius 3 is 2.68 bits per heavy atom. The fraction of sp³-hybridized carbons (Fsp3) is 0.696. The maximum Gasteiger partial charge on any atom is 0.191 e. The summed E-state index contributed by atoms with van der Waals surface area (Å²) in [6.07, 6.45) is 7.59. The minimum atomic E-state index is 0.219. The summed E-state index contributed by atoms with van der Waals surface area (Å²) in [7, 11) is 1.79. The summed E-state index contributed by atoms with van der Waals surface area (Å²) in [6, 6.07) is 9.18. The Kier molecular flexibility index (Phi) is 7.60. The van der Waals surface area contributed by atoms with Crippen molar-refractivity contribution in [1.82, 2.24) is 10.6 Å². The van der Waals surface area contributed by atoms with Crippen LogP contribution in [0.2, 0.25) is 0 Å². The molecule has 0 amide bonds. The lowest BCUT2D eigenvalue weighted by Crippen LogP contribution is -2.41. The molecule has 1 unspecified atom stereocenters. The lowest BCUT2D eigenvalue weighted by Gasteiger charge is -2.41. The number of hydrogen-bond acceptors (Lipinski definition) is 3. The number of rotatable bonds is 9. The molecule has 2 N–H and O–H groups in total. The summed E-state index contributed by atoms with van der Waals surface area (Å²) < 4.78 is 5.32. The zero-order valence-electron chi connectivity index (χ0n) is 18.0. The van der Waals surface area contributed by atoms with E-state index in [1.165, 1.54) is 56.4 Å². The van der Waals surface area contributed by atoms with Crippen LogP contribution < -0.4 is 15.5 Å². The van der Waals surface area contributed by atoms with Crippen LogP contribution in [0.5, 0.6) is 0 Å². The second-order valence-electron chi connectivity index (χ2n) is 8.45. The van der Waals surface area contributed by atoms with Crippen molar-refractivity contribution in [2.75, 3.05) is 44.8 Å². The molecule has 156 valence electrons. The van der Waals surface area contributed by atoms with Gasteiger partial charge in [-0.2, -0.15) is 0 Å². The number of hydrogen-bond donors (Lipinski definition) is 2. The van der Waals surface area contributed by atoms with E-state index in [4.69, 9.17) is 9.73 Å². The Bertz CT molecular complexity index is 635. The van der Waals surface area contributed by atoms with Crippen molar-refractivity contribution >= 4 is 11.6 Å². The van der Waals surface area contributed by atoms with Gasteiger partial charge in [0.1, 0.15) is 0 Å². The van der Waals surface area contributed by atoms with Gasteiger partial charge in [0.25, 0.3) is 0 Å². The minimum Gasteiger partial charge on any atom is -0.385 e. The third-order valence-electron chi connectivity index (χ3n) is 6.36. The summed E-state index contributed by atoms with van der Waals surface area (Å²) in [5.74, 6) is 0.922. The number of benzene rings is 1. The zero-order chi connectivity index (χ0) is 19.8. The Morgan fingerprint density at radius 2 is 2.04 bits per heavy atom. The summed E-state index contributed by atoms with van der Waals surface area (Å²) in [4.78, 5) is 7.45. The summed E-state index contributed by atoms with van der Waals surface area (Å²) in [5.41, 5.74) is 3.00. The van der Waals surface area contributed by atoms with Crippen molar-refractivity contribution in [2.24, 2.45) is 10.4 Å². The van der Waals surface area contributed by atoms with Gasteiger partial charge in [0, 0.05) is 45.6 Å². The third-order valence-corrected chi connectivity index (χ3v) is 6.36. The van der Waals surface area contributed by atoms with Crippen LogP contribution in [0.25, 0.3) is 0 Å². The lowest BCUT2D eigenvalue weighted by atomic mass is 9.67. The molecule has 1 aliphatic carbocycles. The second-order valence-corrected chi connectivity index (χ2v) is 8.45. The molecule has 5 heteroatoms. The molecule has 1 saturated heterocycles. The minimum absolute atomic E-state index is 0.219. The van der Waals surface area contributed by atoms with Crippen molar-refractivity contribution in [3.05, 3.63) is 29.8 Å². The van der Waals surface area contributed by atoms with Gasteiger partial charge < -0.3 is 20.3 Å². The van der Waals surface area contributed by atoms with Crippen LogP contribution in [0.15, 0.2) is 29.3 Å². The number of ether oxygens (including phenoxy) is 1. The van der Waals surface area contributed by atoms with E-state index in [1.54, 1.807) is 7.11 Å². The zero-order valence-corrected chi connectivity index (χ0v) is 18.0. The van der Waals surface area contributed by atoms with E-state index < -0.39 is 0 Å². The van der Waals surface area contributed by atoms with Crippen molar-refractivity contribution in [3.8, 4) is 0 Å². The normalized spacial score (nSPS) is 20.0. The molecule has 1 aromatic rings. The molecule has 0 aromatic heterocycles. The fourth-order valence-electron chi connectivity index (χ4n) is 4.30. The van der Waals surface area contributed by atoms with E-state index in [0.29, 0.717) is 5.41 Å². The van der Waals surface area contributed by atoms with Gasteiger partial charge in [0.2, 0.25) is 0 Å². The third kappa shape index (κ3) is 5.40. The first-order chi connectivity index (χ1) is 13.7. The van der Waals surface area contributed by atoms with Crippen LogP contribution >= 0.6 is 0 Å². The van der Waals surface area contributed by atoms with E-state index in [1.807, 2.05) is 0 Å². The molecule has 2 aliphatic rings. The van der Waals surface area contributed by atoms with Crippen molar-refractivity contribution in [3.63, 3.8) is 0 Å². The summed E-state index contributed by atoms with van der Waals surface area (Å²) >= 11 is 0. The van der Waals surface area contributed by atoms with Gasteiger partial charge >= 0.3 is 0 Å². The maximum absolute atomic E-state index is 5.32. The first-order valence-corrected chi connectivity index (χ1v) is 11.0. The summed E-state index contributed by atoms with van der Waals surface area (Å²) in [6.45, 7) is 9.29. The smallest absolute Gasteiger partial charge is 0.191 e. The Morgan fingerprint density at radius 1 is 1.25 bits per heavy atom. The van der Waals surface area contributed by atoms with Gasteiger partial charge in [0.05, 0.1) is 6.04 Å². The highest BCUT2D eigenvalue weighted by molar-refractivity contribution is 5.80. The second kappa shape index (κ2) is 10.1. The van der Waals surface area contributed by atoms with Crippen LogP contribution in [-0.2, 0) is 4.74 Å². The standard InChI is InChI=1S/C23H38N4O/c1-4-24-22(25-18-23(11-8-12-23)13-16-28-3)26-19(2)20-9-7-10-21(17-20)27-14-5-6-15-27/h7,9-10,17,19H,4-6,8,11-16,18H2,1-3H3,(H2,24,25,26). The quantitative estimate of drug-likeness (QED) is 0.495. The molecule has 1 saturated carbocycles. The van der Waals surface area contributed by atoms with E-state index in [2.05, 4.69) is 53.6 Å². The highest BCUT2D eigenvalue weighted by Crippen LogP contribution is 2.44. The predicted molar refractivity (Wildman–Crippen MR) is 118 cm³/mol. The first kappa shape index (κ1) is 21.0. The molecule has 1 aliphatic heterocycles. The van der Waals surface area contributed by atoms with Gasteiger partial charge in [-0.15, -0.1) is 0 Å². The Balaban J connectivity index is 1.63. The van der Waals surface area contributed by atoms with Crippen LogP contribution in [-0.4, -0.2) is 45.9 Å². The van der Waals surface area contributed by atoms with E-state index in [9.17, 15) is 0 Å². The van der Waals surface area contributed by atoms with Crippen molar-refractivity contribution in [1.29, 1.82) is 0 Å². The van der Waals surface area contributed by atoms with Gasteiger partial charge in [0.15, 0.2) is 5.96 Å². The molecule has 5 nitrogen and oxygen atoms in total. The first-order valence-electron chi connectivity index (χ1n) is 11.0. The van der Waals surface area contributed by atoms with Gasteiger partial charge in [-0.25, -0.2) is 0 Å².